The molecule has 0 aromatic heterocycles. The predicted octanol–water partition coefficient (Wildman–Crippen LogP) is 2.14. The monoisotopic (exact) mass is 201 g/mol. The summed E-state index contributed by atoms with van der Waals surface area (Å²) in [5, 5.41) is 2.82. The molecule has 0 spiro atoms. The minimum absolute atomic E-state index is 0.0309. The van der Waals surface area contributed by atoms with Crippen molar-refractivity contribution in [2.45, 2.75) is 20.3 Å². The second-order valence-corrected chi connectivity index (χ2v) is 3.30. The van der Waals surface area contributed by atoms with Crippen molar-refractivity contribution >= 4 is 5.91 Å². The van der Waals surface area contributed by atoms with Crippen LogP contribution in [0.15, 0.2) is 24.3 Å². The number of aryl methyl sites for hydroxylation is 1. The molecule has 1 N–H and O–H groups in total. The van der Waals surface area contributed by atoms with E-state index < -0.39 is 0 Å². The second kappa shape index (κ2) is 5.87. The lowest BCUT2D eigenvalue weighted by atomic mass is 10.1. The van der Waals surface area contributed by atoms with E-state index in [1.807, 2.05) is 31.2 Å². The van der Waals surface area contributed by atoms with Gasteiger partial charge in [-0.25, -0.2) is 0 Å². The van der Waals surface area contributed by atoms with Crippen LogP contribution in [-0.4, -0.2) is 12.5 Å². The molecule has 0 heterocycles. The molecule has 0 atom stereocenters. The predicted molar refractivity (Wildman–Crippen MR) is 61.6 cm³/mol. The van der Waals surface area contributed by atoms with E-state index in [-0.39, 0.29) is 5.91 Å². The van der Waals surface area contributed by atoms with Gasteiger partial charge in [-0.1, -0.05) is 17.7 Å². The van der Waals surface area contributed by atoms with E-state index in [2.05, 4.69) is 17.2 Å². The van der Waals surface area contributed by atoms with Gasteiger partial charge in [-0.15, -0.1) is 11.8 Å². The second-order valence-electron chi connectivity index (χ2n) is 3.30. The van der Waals surface area contributed by atoms with Gasteiger partial charge in [0.1, 0.15) is 0 Å². The van der Waals surface area contributed by atoms with Gasteiger partial charge < -0.3 is 5.32 Å². The largest absolute Gasteiger partial charge is 0.351 e. The molecule has 0 bridgehead atoms. The maximum atomic E-state index is 11.6. The number of benzene rings is 1. The average Bonchev–Trinajstić information content (AvgIpc) is 2.24. The summed E-state index contributed by atoms with van der Waals surface area (Å²) in [7, 11) is 0. The van der Waals surface area contributed by atoms with Gasteiger partial charge in [-0.3, -0.25) is 4.79 Å². The van der Waals surface area contributed by atoms with Gasteiger partial charge in [0.2, 0.25) is 0 Å². The molecule has 1 amide bonds. The first-order chi connectivity index (χ1) is 7.24. The number of nitrogens with one attached hydrogen (secondary N) is 1. The zero-order valence-electron chi connectivity index (χ0n) is 9.13. The van der Waals surface area contributed by atoms with Crippen LogP contribution in [-0.2, 0) is 0 Å². The molecule has 2 nitrogen and oxygen atoms in total. The molecule has 78 valence electrons. The van der Waals surface area contributed by atoms with Crippen LogP contribution in [0.5, 0.6) is 0 Å². The molecule has 0 aliphatic carbocycles. The third kappa shape index (κ3) is 3.86. The Bertz CT molecular complexity index is 398. The van der Waals surface area contributed by atoms with E-state index >= 15 is 0 Å². The highest BCUT2D eigenvalue weighted by Gasteiger charge is 2.03. The van der Waals surface area contributed by atoms with Crippen molar-refractivity contribution < 1.29 is 4.79 Å². The zero-order chi connectivity index (χ0) is 11.1. The Kier molecular flexibility index (Phi) is 4.43. The Morgan fingerprint density at radius 3 is 2.93 bits per heavy atom. The average molecular weight is 201 g/mol. The smallest absolute Gasteiger partial charge is 0.251 e. The third-order valence-corrected chi connectivity index (χ3v) is 1.99. The fourth-order valence-corrected chi connectivity index (χ4v) is 1.25. The van der Waals surface area contributed by atoms with Crippen molar-refractivity contribution in [1.29, 1.82) is 0 Å². The number of carbonyl (C=O) groups excluding carboxylic acids is 1. The fraction of sp³-hybridized carbons (Fsp3) is 0.308. The van der Waals surface area contributed by atoms with Crippen molar-refractivity contribution in [3.05, 3.63) is 35.4 Å². The van der Waals surface area contributed by atoms with Gasteiger partial charge in [0.05, 0.1) is 0 Å². The molecule has 0 unspecified atom stereocenters. The van der Waals surface area contributed by atoms with Gasteiger partial charge in [0.15, 0.2) is 0 Å². The van der Waals surface area contributed by atoms with Gasteiger partial charge in [-0.05, 0) is 26.0 Å². The van der Waals surface area contributed by atoms with Crippen LogP contribution in [0.4, 0.5) is 0 Å². The maximum Gasteiger partial charge on any atom is 0.251 e. The summed E-state index contributed by atoms with van der Waals surface area (Å²) >= 11 is 0. The zero-order valence-corrected chi connectivity index (χ0v) is 9.13. The van der Waals surface area contributed by atoms with Crippen molar-refractivity contribution in [1.82, 2.24) is 5.32 Å². The number of carbonyl (C=O) groups is 1. The summed E-state index contributed by atoms with van der Waals surface area (Å²) in [5.74, 6) is 5.66. The molecule has 1 aromatic rings. The Hall–Kier alpha value is -1.75. The molecule has 0 saturated heterocycles. The minimum atomic E-state index is -0.0309. The standard InChI is InChI=1S/C13H15NO/c1-3-4-5-9-14-13(15)12-8-6-7-11(2)10-12/h6-8,10H,5,9H2,1-2H3,(H,14,15). The SMILES string of the molecule is CC#CCCNC(=O)c1cccc(C)c1. The lowest BCUT2D eigenvalue weighted by molar-refractivity contribution is 0.0954. The summed E-state index contributed by atoms with van der Waals surface area (Å²) in [6, 6.07) is 7.55. The number of hydrogen-bond acceptors (Lipinski definition) is 1. The van der Waals surface area contributed by atoms with E-state index in [0.717, 1.165) is 5.56 Å². The van der Waals surface area contributed by atoms with E-state index in [1.165, 1.54) is 0 Å². The van der Waals surface area contributed by atoms with Crippen LogP contribution < -0.4 is 5.32 Å². The number of amides is 1. The lowest BCUT2D eigenvalue weighted by Crippen LogP contribution is -2.24. The summed E-state index contributed by atoms with van der Waals surface area (Å²) in [5.41, 5.74) is 1.80. The van der Waals surface area contributed by atoms with Crippen LogP contribution in [0, 0.1) is 18.8 Å². The molecular formula is C13H15NO. The topological polar surface area (TPSA) is 29.1 Å². The van der Waals surface area contributed by atoms with Crippen LogP contribution in [0.1, 0.15) is 29.3 Å². The highest BCUT2D eigenvalue weighted by molar-refractivity contribution is 5.94. The van der Waals surface area contributed by atoms with Crippen LogP contribution in [0.25, 0.3) is 0 Å². The molecule has 0 aliphatic rings. The highest BCUT2D eigenvalue weighted by Crippen LogP contribution is 2.03. The summed E-state index contributed by atoms with van der Waals surface area (Å²) in [4.78, 5) is 11.6. The first-order valence-corrected chi connectivity index (χ1v) is 4.98. The van der Waals surface area contributed by atoms with Crippen molar-refractivity contribution in [2.75, 3.05) is 6.54 Å². The van der Waals surface area contributed by atoms with Gasteiger partial charge in [0, 0.05) is 18.5 Å². The molecule has 0 aliphatic heterocycles. The highest BCUT2D eigenvalue weighted by atomic mass is 16.1. The van der Waals surface area contributed by atoms with Crippen LogP contribution in [0.3, 0.4) is 0 Å². The van der Waals surface area contributed by atoms with Gasteiger partial charge >= 0.3 is 0 Å². The minimum Gasteiger partial charge on any atom is -0.351 e. The first-order valence-electron chi connectivity index (χ1n) is 4.98. The quantitative estimate of drug-likeness (QED) is 0.589. The van der Waals surface area contributed by atoms with Gasteiger partial charge in [-0.2, -0.15) is 0 Å². The Morgan fingerprint density at radius 1 is 1.47 bits per heavy atom. The summed E-state index contributed by atoms with van der Waals surface area (Å²) in [6.07, 6.45) is 0.702. The Morgan fingerprint density at radius 2 is 2.27 bits per heavy atom. The van der Waals surface area contributed by atoms with Crippen molar-refractivity contribution in [3.63, 3.8) is 0 Å². The maximum absolute atomic E-state index is 11.6. The number of rotatable bonds is 3. The van der Waals surface area contributed by atoms with Crippen LogP contribution >= 0.6 is 0 Å². The molecule has 0 radical (unpaired) electrons. The normalized spacial score (nSPS) is 8.93. The van der Waals surface area contributed by atoms with E-state index in [4.69, 9.17) is 0 Å². The first kappa shape index (κ1) is 11.3. The molecule has 0 saturated carbocycles. The van der Waals surface area contributed by atoms with E-state index in [9.17, 15) is 4.79 Å². The van der Waals surface area contributed by atoms with E-state index in [0.29, 0.717) is 18.5 Å². The van der Waals surface area contributed by atoms with Crippen molar-refractivity contribution in [3.8, 4) is 11.8 Å². The molecule has 2 heteroatoms. The van der Waals surface area contributed by atoms with Crippen molar-refractivity contribution in [2.24, 2.45) is 0 Å². The molecule has 1 rings (SSSR count). The Balaban J connectivity index is 2.49. The fourth-order valence-electron chi connectivity index (χ4n) is 1.25. The van der Waals surface area contributed by atoms with Crippen LogP contribution in [0.2, 0.25) is 0 Å². The Labute approximate surface area is 90.7 Å². The van der Waals surface area contributed by atoms with Gasteiger partial charge in [0.25, 0.3) is 5.91 Å². The summed E-state index contributed by atoms with van der Waals surface area (Å²) in [6.45, 7) is 4.37. The molecule has 1 aromatic carbocycles. The third-order valence-electron chi connectivity index (χ3n) is 1.99. The molecule has 15 heavy (non-hydrogen) atoms. The number of hydrogen-bond donors (Lipinski definition) is 1. The molecule has 0 fully saturated rings. The van der Waals surface area contributed by atoms with E-state index in [1.54, 1.807) is 6.92 Å². The lowest BCUT2D eigenvalue weighted by Gasteiger charge is -2.03. The summed E-state index contributed by atoms with van der Waals surface area (Å²) < 4.78 is 0. The molecular weight excluding hydrogens is 186 g/mol.